The van der Waals surface area contributed by atoms with Crippen molar-refractivity contribution < 1.29 is 4.79 Å². The average Bonchev–Trinajstić information content (AvgIpc) is 2.91. The van der Waals surface area contributed by atoms with Crippen LogP contribution < -0.4 is 11.1 Å². The molecule has 1 amide bonds. The minimum atomic E-state index is -0.314. The number of hydrogen-bond acceptors (Lipinski definition) is 7. The van der Waals surface area contributed by atoms with Crippen molar-refractivity contribution in [3.05, 3.63) is 28.7 Å². The smallest absolute Gasteiger partial charge is 0.231 e. The van der Waals surface area contributed by atoms with E-state index in [1.165, 1.54) is 0 Å². The van der Waals surface area contributed by atoms with Crippen LogP contribution >= 0.6 is 11.3 Å². The molecule has 3 rings (SSSR count). The van der Waals surface area contributed by atoms with Crippen molar-refractivity contribution in [2.24, 2.45) is 5.73 Å². The number of likely N-dealkylation sites (tertiary alicyclic amines) is 1. The summed E-state index contributed by atoms with van der Waals surface area (Å²) in [6.45, 7) is 5.06. The van der Waals surface area contributed by atoms with Gasteiger partial charge in [-0.25, -0.2) is 15.0 Å². The lowest BCUT2D eigenvalue weighted by Gasteiger charge is -2.33. The van der Waals surface area contributed by atoms with Crippen molar-refractivity contribution >= 4 is 28.2 Å². The van der Waals surface area contributed by atoms with Crippen LogP contribution in [-0.4, -0.2) is 38.8 Å². The van der Waals surface area contributed by atoms with Gasteiger partial charge in [0, 0.05) is 22.8 Å². The van der Waals surface area contributed by atoms with Gasteiger partial charge in [-0.2, -0.15) is 0 Å². The third-order valence-electron chi connectivity index (χ3n) is 4.00. The summed E-state index contributed by atoms with van der Waals surface area (Å²) < 4.78 is 0. The third-order valence-corrected chi connectivity index (χ3v) is 4.83. The van der Waals surface area contributed by atoms with Crippen LogP contribution in [0.15, 0.2) is 12.3 Å². The van der Waals surface area contributed by atoms with Gasteiger partial charge in [0.15, 0.2) is 5.13 Å². The average molecular weight is 346 g/mol. The number of anilines is 2. The van der Waals surface area contributed by atoms with E-state index in [0.29, 0.717) is 0 Å². The molecule has 7 nitrogen and oxygen atoms in total. The molecule has 24 heavy (non-hydrogen) atoms. The van der Waals surface area contributed by atoms with Gasteiger partial charge in [0.25, 0.3) is 0 Å². The maximum Gasteiger partial charge on any atom is 0.231 e. The van der Waals surface area contributed by atoms with Crippen LogP contribution in [-0.2, 0) is 4.79 Å². The molecule has 0 spiro atoms. The normalized spacial score (nSPS) is 18.5. The largest absolute Gasteiger partial charge is 0.369 e. The van der Waals surface area contributed by atoms with Crippen molar-refractivity contribution in [3.8, 4) is 0 Å². The van der Waals surface area contributed by atoms with Gasteiger partial charge in [-0.3, -0.25) is 9.69 Å². The zero-order chi connectivity index (χ0) is 17.1. The van der Waals surface area contributed by atoms with Gasteiger partial charge in [0.05, 0.1) is 12.6 Å². The van der Waals surface area contributed by atoms with Crippen molar-refractivity contribution in [2.45, 2.75) is 39.2 Å². The molecule has 8 heteroatoms. The number of thiazole rings is 1. The van der Waals surface area contributed by atoms with E-state index in [2.05, 4.69) is 25.2 Å². The summed E-state index contributed by atoms with van der Waals surface area (Å²) in [7, 11) is 0. The number of nitrogens with two attached hydrogens (primary N) is 1. The van der Waals surface area contributed by atoms with E-state index >= 15 is 0 Å². The standard InChI is InChI=1S/C16H22N6OS/c1-10-7-14(21-16-18-8-11(2)24-16)20-15(19-10)12-5-3-4-6-22(12)9-13(17)23/h7-8,12H,3-6,9H2,1-2H3,(H2,17,23)(H,18,19,20,21). The molecule has 1 unspecified atom stereocenters. The van der Waals surface area contributed by atoms with Gasteiger partial charge in [-0.15, -0.1) is 11.3 Å². The zero-order valence-corrected chi connectivity index (χ0v) is 14.8. The summed E-state index contributed by atoms with van der Waals surface area (Å²) in [4.78, 5) is 28.1. The highest BCUT2D eigenvalue weighted by Gasteiger charge is 2.27. The van der Waals surface area contributed by atoms with E-state index in [-0.39, 0.29) is 18.5 Å². The van der Waals surface area contributed by atoms with Crippen LogP contribution in [0.3, 0.4) is 0 Å². The number of rotatable bonds is 5. The maximum atomic E-state index is 11.3. The molecular formula is C16H22N6OS. The molecule has 0 saturated carbocycles. The Kier molecular flexibility index (Phi) is 5.06. The van der Waals surface area contributed by atoms with Crippen LogP contribution in [0.2, 0.25) is 0 Å². The second kappa shape index (κ2) is 7.23. The topological polar surface area (TPSA) is 97.0 Å². The molecule has 1 aliphatic rings. The lowest BCUT2D eigenvalue weighted by atomic mass is 10.0. The van der Waals surface area contributed by atoms with Crippen molar-refractivity contribution in [1.82, 2.24) is 19.9 Å². The first kappa shape index (κ1) is 16.8. The molecule has 0 aliphatic carbocycles. The summed E-state index contributed by atoms with van der Waals surface area (Å²) in [6.07, 6.45) is 4.94. The first-order valence-electron chi connectivity index (χ1n) is 8.08. The molecule has 0 bridgehead atoms. The minimum Gasteiger partial charge on any atom is -0.369 e. The summed E-state index contributed by atoms with van der Waals surface area (Å²) in [6, 6.07) is 1.94. The molecule has 1 saturated heterocycles. The van der Waals surface area contributed by atoms with E-state index in [1.54, 1.807) is 11.3 Å². The van der Waals surface area contributed by atoms with Gasteiger partial charge >= 0.3 is 0 Å². The molecule has 128 valence electrons. The van der Waals surface area contributed by atoms with Gasteiger partial charge in [0.1, 0.15) is 11.6 Å². The van der Waals surface area contributed by atoms with Crippen LogP contribution in [0.1, 0.15) is 41.7 Å². The monoisotopic (exact) mass is 346 g/mol. The molecule has 2 aromatic rings. The minimum absolute atomic E-state index is 0.0322. The fourth-order valence-electron chi connectivity index (χ4n) is 3.00. The van der Waals surface area contributed by atoms with Gasteiger partial charge < -0.3 is 11.1 Å². The Morgan fingerprint density at radius 3 is 2.96 bits per heavy atom. The zero-order valence-electron chi connectivity index (χ0n) is 14.0. The van der Waals surface area contributed by atoms with E-state index in [9.17, 15) is 4.79 Å². The summed E-state index contributed by atoms with van der Waals surface area (Å²) in [5.41, 5.74) is 6.28. The van der Waals surface area contributed by atoms with Crippen LogP contribution in [0.5, 0.6) is 0 Å². The molecule has 2 aromatic heterocycles. The Hall–Kier alpha value is -2.06. The number of hydrogen-bond donors (Lipinski definition) is 2. The summed E-state index contributed by atoms with van der Waals surface area (Å²) in [5.74, 6) is 1.16. The van der Waals surface area contributed by atoms with Crippen LogP contribution in [0, 0.1) is 13.8 Å². The Morgan fingerprint density at radius 1 is 1.42 bits per heavy atom. The van der Waals surface area contributed by atoms with Gasteiger partial charge in [-0.1, -0.05) is 6.42 Å². The Balaban J connectivity index is 1.85. The summed E-state index contributed by atoms with van der Waals surface area (Å²) >= 11 is 1.58. The second-order valence-electron chi connectivity index (χ2n) is 6.10. The first-order valence-corrected chi connectivity index (χ1v) is 8.90. The van der Waals surface area contributed by atoms with E-state index in [0.717, 1.165) is 53.2 Å². The predicted octanol–water partition coefficient (Wildman–Crippen LogP) is 2.31. The van der Waals surface area contributed by atoms with Crippen molar-refractivity contribution in [2.75, 3.05) is 18.4 Å². The third kappa shape index (κ3) is 4.07. The molecule has 0 radical (unpaired) electrons. The molecular weight excluding hydrogens is 324 g/mol. The van der Waals surface area contributed by atoms with Crippen LogP contribution in [0.4, 0.5) is 10.9 Å². The Morgan fingerprint density at radius 2 is 2.25 bits per heavy atom. The van der Waals surface area contributed by atoms with E-state index in [4.69, 9.17) is 5.73 Å². The van der Waals surface area contributed by atoms with E-state index < -0.39 is 0 Å². The predicted molar refractivity (Wildman–Crippen MR) is 94.3 cm³/mol. The number of primary amides is 1. The number of nitrogens with one attached hydrogen (secondary N) is 1. The number of piperidine rings is 1. The fraction of sp³-hybridized carbons (Fsp3) is 0.500. The van der Waals surface area contributed by atoms with Gasteiger partial charge in [-0.05, 0) is 33.2 Å². The number of nitrogens with zero attached hydrogens (tertiary/aromatic N) is 4. The number of amides is 1. The fourth-order valence-corrected chi connectivity index (χ4v) is 3.67. The maximum absolute atomic E-state index is 11.3. The highest BCUT2D eigenvalue weighted by molar-refractivity contribution is 7.15. The highest BCUT2D eigenvalue weighted by Crippen LogP contribution is 2.30. The second-order valence-corrected chi connectivity index (χ2v) is 7.34. The molecule has 3 N–H and O–H groups in total. The van der Waals surface area contributed by atoms with Gasteiger partial charge in [0.2, 0.25) is 5.91 Å². The Labute approximate surface area is 145 Å². The lowest BCUT2D eigenvalue weighted by molar-refractivity contribution is -0.120. The number of aryl methyl sites for hydroxylation is 2. The number of carbonyl (C=O) groups excluding carboxylic acids is 1. The van der Waals surface area contributed by atoms with Crippen LogP contribution in [0.25, 0.3) is 0 Å². The molecule has 0 aromatic carbocycles. The van der Waals surface area contributed by atoms with E-state index in [1.807, 2.05) is 26.1 Å². The molecule has 3 heterocycles. The lowest BCUT2D eigenvalue weighted by Crippen LogP contribution is -2.40. The first-order chi connectivity index (χ1) is 11.5. The molecule has 1 aliphatic heterocycles. The number of carbonyl (C=O) groups is 1. The summed E-state index contributed by atoms with van der Waals surface area (Å²) in [5, 5.41) is 4.06. The molecule has 1 fully saturated rings. The van der Waals surface area contributed by atoms with Crippen molar-refractivity contribution in [3.63, 3.8) is 0 Å². The quantitative estimate of drug-likeness (QED) is 0.862. The SMILES string of the molecule is Cc1cc(Nc2ncc(C)s2)nc(C2CCCCN2CC(N)=O)n1. The number of aromatic nitrogens is 3. The highest BCUT2D eigenvalue weighted by atomic mass is 32.1. The molecule has 1 atom stereocenters. The van der Waals surface area contributed by atoms with Crippen molar-refractivity contribution in [1.29, 1.82) is 0 Å². The Bertz CT molecular complexity index is 731.